The van der Waals surface area contributed by atoms with E-state index in [0.29, 0.717) is 11.6 Å². The molecule has 2 aliphatic rings. The highest BCUT2D eigenvalue weighted by Gasteiger charge is 2.52. The first-order valence-electron chi connectivity index (χ1n) is 14.7. The number of benzene rings is 6. The number of hydrogen-bond acceptors (Lipinski definition) is 3. The highest BCUT2D eigenvalue weighted by molar-refractivity contribution is 6.28. The van der Waals surface area contributed by atoms with Gasteiger partial charge >= 0.3 is 0 Å². The summed E-state index contributed by atoms with van der Waals surface area (Å²) in [6.45, 7) is 0. The Morgan fingerprint density at radius 1 is 0.386 bits per heavy atom. The Morgan fingerprint density at radius 3 is 1.61 bits per heavy atom. The molecule has 4 heteroatoms. The standard InChI is InChI=1S/C40H24ClN3/c41-39-43-37(27-15-10-14-26(24-27)25-12-2-1-3-13-25)42-38(44-39)31-19-11-23-35-36(31)30-18-6-9-22-34(30)40(35)32-20-7-4-16-28(32)29-17-5-8-21-33(29)40/h1-24H. The largest absolute Gasteiger partial charge is 0.226 e. The summed E-state index contributed by atoms with van der Waals surface area (Å²) in [6.07, 6.45) is 0. The lowest BCUT2D eigenvalue weighted by atomic mass is 9.70. The topological polar surface area (TPSA) is 38.7 Å². The number of aromatic nitrogens is 3. The molecule has 0 aliphatic heterocycles. The van der Waals surface area contributed by atoms with Crippen LogP contribution in [0.5, 0.6) is 0 Å². The third-order valence-corrected chi connectivity index (χ3v) is 9.27. The van der Waals surface area contributed by atoms with Gasteiger partial charge in [0.1, 0.15) is 0 Å². The molecule has 0 radical (unpaired) electrons. The second-order valence-electron chi connectivity index (χ2n) is 11.3. The van der Waals surface area contributed by atoms with Crippen molar-refractivity contribution in [3.63, 3.8) is 0 Å². The smallest absolute Gasteiger partial charge is 0.208 e. The quantitative estimate of drug-likeness (QED) is 0.208. The van der Waals surface area contributed by atoms with Gasteiger partial charge in [0.05, 0.1) is 5.41 Å². The van der Waals surface area contributed by atoms with Gasteiger partial charge < -0.3 is 0 Å². The molecule has 3 nitrogen and oxygen atoms in total. The molecule has 0 saturated heterocycles. The second-order valence-corrected chi connectivity index (χ2v) is 11.7. The van der Waals surface area contributed by atoms with Crippen LogP contribution in [0.2, 0.25) is 5.28 Å². The minimum absolute atomic E-state index is 0.172. The molecule has 2 aliphatic carbocycles. The maximum Gasteiger partial charge on any atom is 0.226 e. The molecule has 206 valence electrons. The second kappa shape index (κ2) is 9.57. The van der Waals surface area contributed by atoms with Crippen molar-refractivity contribution in [3.8, 4) is 56.2 Å². The lowest BCUT2D eigenvalue weighted by Crippen LogP contribution is -2.25. The van der Waals surface area contributed by atoms with Crippen LogP contribution in [0.15, 0.2) is 146 Å². The highest BCUT2D eigenvalue weighted by atomic mass is 35.5. The van der Waals surface area contributed by atoms with Gasteiger partial charge in [-0.2, -0.15) is 9.97 Å². The molecule has 0 amide bonds. The summed E-state index contributed by atoms with van der Waals surface area (Å²) >= 11 is 6.65. The van der Waals surface area contributed by atoms with Crippen LogP contribution < -0.4 is 0 Å². The third-order valence-electron chi connectivity index (χ3n) is 9.10. The van der Waals surface area contributed by atoms with Gasteiger partial charge in [0.15, 0.2) is 11.6 Å². The van der Waals surface area contributed by atoms with E-state index < -0.39 is 5.41 Å². The maximum atomic E-state index is 6.65. The van der Waals surface area contributed by atoms with Crippen LogP contribution in [0.1, 0.15) is 22.3 Å². The third kappa shape index (κ3) is 3.48. The van der Waals surface area contributed by atoms with Crippen molar-refractivity contribution in [1.82, 2.24) is 15.0 Å². The molecule has 44 heavy (non-hydrogen) atoms. The van der Waals surface area contributed by atoms with E-state index >= 15 is 0 Å². The molecule has 0 bridgehead atoms. The van der Waals surface area contributed by atoms with E-state index in [1.807, 2.05) is 30.3 Å². The number of halogens is 1. The number of rotatable bonds is 3. The van der Waals surface area contributed by atoms with Gasteiger partial charge in [0, 0.05) is 11.1 Å². The van der Waals surface area contributed by atoms with Crippen LogP contribution >= 0.6 is 11.6 Å². The summed E-state index contributed by atoms with van der Waals surface area (Å²) in [5, 5.41) is 0.172. The average Bonchev–Trinajstić information content (AvgIpc) is 3.56. The zero-order valence-electron chi connectivity index (χ0n) is 23.6. The number of nitrogens with zero attached hydrogens (tertiary/aromatic N) is 3. The SMILES string of the molecule is Clc1nc(-c2cccc(-c3ccccc3)c2)nc(-c2cccc3c2-c2ccccc2C32c3ccccc3-c3ccccc32)n1. The molecule has 0 atom stereocenters. The van der Waals surface area contributed by atoms with Gasteiger partial charge in [-0.1, -0.05) is 140 Å². The fourth-order valence-electron chi connectivity index (χ4n) is 7.40. The minimum Gasteiger partial charge on any atom is -0.208 e. The van der Waals surface area contributed by atoms with Crippen molar-refractivity contribution in [2.45, 2.75) is 5.41 Å². The van der Waals surface area contributed by atoms with Gasteiger partial charge in [-0.25, -0.2) is 4.98 Å². The Morgan fingerprint density at radius 2 is 0.886 bits per heavy atom. The minimum atomic E-state index is -0.432. The Hall–Kier alpha value is -5.38. The van der Waals surface area contributed by atoms with Crippen molar-refractivity contribution >= 4 is 11.6 Å². The van der Waals surface area contributed by atoms with Gasteiger partial charge in [0.25, 0.3) is 0 Å². The fourth-order valence-corrected chi connectivity index (χ4v) is 7.56. The van der Waals surface area contributed by atoms with Crippen molar-refractivity contribution in [2.75, 3.05) is 0 Å². The van der Waals surface area contributed by atoms with E-state index in [4.69, 9.17) is 21.6 Å². The van der Waals surface area contributed by atoms with E-state index in [-0.39, 0.29) is 5.28 Å². The predicted molar refractivity (Wildman–Crippen MR) is 177 cm³/mol. The van der Waals surface area contributed by atoms with E-state index in [9.17, 15) is 0 Å². The van der Waals surface area contributed by atoms with Crippen molar-refractivity contribution in [2.24, 2.45) is 0 Å². The summed E-state index contributed by atoms with van der Waals surface area (Å²) in [6, 6.07) is 51.5. The zero-order chi connectivity index (χ0) is 29.3. The van der Waals surface area contributed by atoms with Crippen molar-refractivity contribution < 1.29 is 0 Å². The molecular formula is C40H24ClN3. The summed E-state index contributed by atoms with van der Waals surface area (Å²) in [7, 11) is 0. The monoisotopic (exact) mass is 581 g/mol. The molecule has 0 fully saturated rings. The predicted octanol–water partition coefficient (Wildman–Crippen LogP) is 9.87. The molecule has 0 N–H and O–H groups in total. The molecule has 7 aromatic rings. The van der Waals surface area contributed by atoms with Gasteiger partial charge in [-0.05, 0) is 73.3 Å². The highest BCUT2D eigenvalue weighted by Crippen LogP contribution is 2.63. The Balaban J connectivity index is 1.28. The molecule has 1 spiro atoms. The first-order chi connectivity index (χ1) is 21.7. The average molecular weight is 582 g/mol. The molecule has 1 heterocycles. The van der Waals surface area contributed by atoms with E-state index in [1.165, 1.54) is 38.9 Å². The summed E-state index contributed by atoms with van der Waals surface area (Å²) in [5.41, 5.74) is 13.6. The molecule has 9 rings (SSSR count). The molecule has 0 saturated carbocycles. The van der Waals surface area contributed by atoms with Crippen LogP contribution in [0.4, 0.5) is 0 Å². The van der Waals surface area contributed by atoms with Crippen LogP contribution in [0.25, 0.3) is 56.2 Å². The molecule has 0 unspecified atom stereocenters. The van der Waals surface area contributed by atoms with E-state index in [1.54, 1.807) is 0 Å². The Bertz CT molecular complexity index is 2210. The molecule has 1 aromatic heterocycles. The number of fused-ring (bicyclic) bond motifs is 10. The zero-order valence-corrected chi connectivity index (χ0v) is 24.3. The molecule has 6 aromatic carbocycles. The van der Waals surface area contributed by atoms with Crippen LogP contribution in [0, 0.1) is 0 Å². The lowest BCUT2D eigenvalue weighted by molar-refractivity contribution is 0.794. The van der Waals surface area contributed by atoms with Crippen LogP contribution in [-0.2, 0) is 5.41 Å². The Labute approximate surface area is 260 Å². The Kier molecular flexibility index (Phi) is 5.47. The fraction of sp³-hybridized carbons (Fsp3) is 0.0250. The first kappa shape index (κ1) is 25.1. The summed E-state index contributed by atoms with van der Waals surface area (Å²) in [4.78, 5) is 14.3. The lowest BCUT2D eigenvalue weighted by Gasteiger charge is -2.30. The van der Waals surface area contributed by atoms with E-state index in [2.05, 4.69) is 120 Å². The maximum absolute atomic E-state index is 6.65. The van der Waals surface area contributed by atoms with Crippen molar-refractivity contribution in [1.29, 1.82) is 0 Å². The van der Waals surface area contributed by atoms with Gasteiger partial charge in [-0.3, -0.25) is 0 Å². The molecular weight excluding hydrogens is 558 g/mol. The summed E-state index contributed by atoms with van der Waals surface area (Å²) < 4.78 is 0. The van der Waals surface area contributed by atoms with Gasteiger partial charge in [-0.15, -0.1) is 0 Å². The normalized spacial score (nSPS) is 13.3. The van der Waals surface area contributed by atoms with E-state index in [0.717, 1.165) is 27.8 Å². The first-order valence-corrected chi connectivity index (χ1v) is 15.1. The van der Waals surface area contributed by atoms with Crippen LogP contribution in [0.3, 0.4) is 0 Å². The van der Waals surface area contributed by atoms with Crippen molar-refractivity contribution in [3.05, 3.63) is 173 Å². The summed E-state index contributed by atoms with van der Waals surface area (Å²) in [5.74, 6) is 1.11. The van der Waals surface area contributed by atoms with Crippen LogP contribution in [-0.4, -0.2) is 15.0 Å². The van der Waals surface area contributed by atoms with Gasteiger partial charge in [0.2, 0.25) is 5.28 Å². The number of hydrogen-bond donors (Lipinski definition) is 0.